The number of hydrogen-bond acceptors (Lipinski definition) is 7. The highest BCUT2D eigenvalue weighted by molar-refractivity contribution is 5.92. The average molecular weight is 384 g/mol. The SMILES string of the molecule is CNC(=O)c1ccc(N2CCC(Cc3cc(C(=O)OC)ccc3OC)C2)nn1. The molecule has 1 saturated heterocycles. The third-order valence-electron chi connectivity index (χ3n) is 4.93. The Morgan fingerprint density at radius 2 is 2.04 bits per heavy atom. The van der Waals surface area contributed by atoms with Gasteiger partial charge in [0.05, 0.1) is 19.8 Å². The zero-order valence-corrected chi connectivity index (χ0v) is 16.3. The van der Waals surface area contributed by atoms with Crippen molar-refractivity contribution in [2.75, 3.05) is 39.3 Å². The minimum atomic E-state index is -0.358. The summed E-state index contributed by atoms with van der Waals surface area (Å²) in [6.07, 6.45) is 1.78. The predicted molar refractivity (Wildman–Crippen MR) is 104 cm³/mol. The summed E-state index contributed by atoms with van der Waals surface area (Å²) in [4.78, 5) is 25.6. The Labute approximate surface area is 163 Å². The van der Waals surface area contributed by atoms with Crippen LogP contribution in [0.3, 0.4) is 0 Å². The van der Waals surface area contributed by atoms with Crippen molar-refractivity contribution < 1.29 is 19.1 Å². The molecule has 1 aromatic carbocycles. The second-order valence-corrected chi connectivity index (χ2v) is 6.68. The van der Waals surface area contributed by atoms with Gasteiger partial charge in [-0.05, 0) is 54.7 Å². The van der Waals surface area contributed by atoms with Gasteiger partial charge in [0.15, 0.2) is 11.5 Å². The fourth-order valence-electron chi connectivity index (χ4n) is 3.44. The lowest BCUT2D eigenvalue weighted by Crippen LogP contribution is -2.23. The van der Waals surface area contributed by atoms with Gasteiger partial charge in [-0.1, -0.05) is 0 Å². The van der Waals surface area contributed by atoms with E-state index in [1.807, 2.05) is 12.1 Å². The van der Waals surface area contributed by atoms with Crippen LogP contribution in [0.15, 0.2) is 30.3 Å². The maximum atomic E-state index is 11.8. The Bertz CT molecular complexity index is 854. The fraction of sp³-hybridized carbons (Fsp3) is 0.400. The number of hydrogen-bond donors (Lipinski definition) is 1. The summed E-state index contributed by atoms with van der Waals surface area (Å²) in [5.74, 6) is 1.30. The lowest BCUT2D eigenvalue weighted by atomic mass is 9.96. The van der Waals surface area contributed by atoms with E-state index < -0.39 is 0 Å². The summed E-state index contributed by atoms with van der Waals surface area (Å²) in [7, 11) is 4.56. The molecule has 1 aromatic heterocycles. The summed E-state index contributed by atoms with van der Waals surface area (Å²) in [6, 6.07) is 8.84. The van der Waals surface area contributed by atoms with Crippen LogP contribution in [-0.4, -0.2) is 56.4 Å². The molecule has 148 valence electrons. The molecular formula is C20H24N4O4. The van der Waals surface area contributed by atoms with Gasteiger partial charge in [-0.25, -0.2) is 4.79 Å². The van der Waals surface area contributed by atoms with Crippen molar-refractivity contribution in [3.63, 3.8) is 0 Å². The van der Waals surface area contributed by atoms with Crippen LogP contribution in [0.25, 0.3) is 0 Å². The first-order chi connectivity index (χ1) is 13.5. The molecule has 28 heavy (non-hydrogen) atoms. The van der Waals surface area contributed by atoms with E-state index in [1.54, 1.807) is 32.4 Å². The summed E-state index contributed by atoms with van der Waals surface area (Å²) in [6.45, 7) is 1.68. The highest BCUT2D eigenvalue weighted by Gasteiger charge is 2.25. The molecule has 8 nitrogen and oxygen atoms in total. The normalized spacial score (nSPS) is 16.0. The van der Waals surface area contributed by atoms with Gasteiger partial charge in [-0.15, -0.1) is 10.2 Å². The van der Waals surface area contributed by atoms with E-state index in [0.717, 1.165) is 43.1 Å². The van der Waals surface area contributed by atoms with Gasteiger partial charge in [0, 0.05) is 20.1 Å². The van der Waals surface area contributed by atoms with Gasteiger partial charge >= 0.3 is 5.97 Å². The van der Waals surface area contributed by atoms with E-state index in [1.165, 1.54) is 7.11 Å². The van der Waals surface area contributed by atoms with Gasteiger partial charge in [0.1, 0.15) is 5.75 Å². The fourth-order valence-corrected chi connectivity index (χ4v) is 3.44. The molecule has 2 heterocycles. The number of esters is 1. The molecule has 0 spiro atoms. The highest BCUT2D eigenvalue weighted by atomic mass is 16.5. The molecule has 0 saturated carbocycles. The molecule has 1 amide bonds. The number of ether oxygens (including phenoxy) is 2. The topological polar surface area (TPSA) is 93.7 Å². The Morgan fingerprint density at radius 1 is 1.21 bits per heavy atom. The first-order valence-electron chi connectivity index (χ1n) is 9.11. The Balaban J connectivity index is 1.69. The average Bonchev–Trinajstić information content (AvgIpc) is 3.21. The van der Waals surface area contributed by atoms with E-state index in [2.05, 4.69) is 20.4 Å². The molecule has 1 fully saturated rings. The molecule has 3 rings (SSSR count). The van der Waals surface area contributed by atoms with Crippen LogP contribution in [0.5, 0.6) is 5.75 Å². The number of carbonyl (C=O) groups is 2. The van der Waals surface area contributed by atoms with Gasteiger partial charge < -0.3 is 19.7 Å². The predicted octanol–water partition coefficient (Wildman–Crippen LogP) is 1.70. The minimum Gasteiger partial charge on any atom is -0.496 e. The maximum Gasteiger partial charge on any atom is 0.337 e. The molecule has 2 aromatic rings. The summed E-state index contributed by atoms with van der Waals surface area (Å²) < 4.78 is 10.3. The van der Waals surface area contributed by atoms with Gasteiger partial charge in [0.25, 0.3) is 5.91 Å². The van der Waals surface area contributed by atoms with E-state index >= 15 is 0 Å². The van der Waals surface area contributed by atoms with Crippen molar-refractivity contribution in [3.8, 4) is 5.75 Å². The smallest absolute Gasteiger partial charge is 0.337 e. The van der Waals surface area contributed by atoms with Crippen LogP contribution in [0.2, 0.25) is 0 Å². The van der Waals surface area contributed by atoms with E-state index in [4.69, 9.17) is 9.47 Å². The van der Waals surface area contributed by atoms with Crippen molar-refractivity contribution in [2.24, 2.45) is 5.92 Å². The second-order valence-electron chi connectivity index (χ2n) is 6.68. The van der Waals surface area contributed by atoms with E-state index in [9.17, 15) is 9.59 Å². The Hall–Kier alpha value is -3.16. The molecule has 1 aliphatic heterocycles. The van der Waals surface area contributed by atoms with Crippen LogP contribution >= 0.6 is 0 Å². The highest BCUT2D eigenvalue weighted by Crippen LogP contribution is 2.29. The molecule has 1 N–H and O–H groups in total. The third-order valence-corrected chi connectivity index (χ3v) is 4.93. The van der Waals surface area contributed by atoms with Crippen molar-refractivity contribution in [1.29, 1.82) is 0 Å². The largest absolute Gasteiger partial charge is 0.496 e. The van der Waals surface area contributed by atoms with Crippen LogP contribution in [-0.2, 0) is 11.2 Å². The molecule has 1 atom stereocenters. The van der Waals surface area contributed by atoms with E-state index in [0.29, 0.717) is 17.2 Å². The zero-order chi connectivity index (χ0) is 20.1. The van der Waals surface area contributed by atoms with Crippen molar-refractivity contribution in [1.82, 2.24) is 15.5 Å². The number of aromatic nitrogens is 2. The first-order valence-corrected chi connectivity index (χ1v) is 9.11. The number of carbonyl (C=O) groups excluding carboxylic acids is 2. The molecule has 0 bridgehead atoms. The number of methoxy groups -OCH3 is 2. The van der Waals surface area contributed by atoms with Gasteiger partial charge in [-0.2, -0.15) is 0 Å². The zero-order valence-electron chi connectivity index (χ0n) is 16.3. The molecular weight excluding hydrogens is 360 g/mol. The van der Waals surface area contributed by atoms with Crippen LogP contribution in [0.1, 0.15) is 32.8 Å². The van der Waals surface area contributed by atoms with Crippen LogP contribution in [0.4, 0.5) is 5.82 Å². The number of nitrogens with zero attached hydrogens (tertiary/aromatic N) is 3. The number of nitrogens with one attached hydrogen (secondary N) is 1. The summed E-state index contributed by atoms with van der Waals surface area (Å²) >= 11 is 0. The van der Waals surface area contributed by atoms with Crippen molar-refractivity contribution in [3.05, 3.63) is 47.2 Å². The van der Waals surface area contributed by atoms with E-state index in [-0.39, 0.29) is 11.9 Å². The second kappa shape index (κ2) is 8.69. The monoisotopic (exact) mass is 384 g/mol. The number of amides is 1. The van der Waals surface area contributed by atoms with Crippen molar-refractivity contribution >= 4 is 17.7 Å². The molecule has 0 aliphatic carbocycles. The standard InChI is InChI=1S/C20H24N4O4/c1-21-19(25)16-5-7-18(23-22-16)24-9-8-13(12-24)10-15-11-14(20(26)28-3)4-6-17(15)27-2/h4-7,11,13H,8-10,12H2,1-3H3,(H,21,25). The molecule has 0 radical (unpaired) electrons. The summed E-state index contributed by atoms with van der Waals surface area (Å²) in [5, 5.41) is 10.7. The minimum absolute atomic E-state index is 0.254. The maximum absolute atomic E-state index is 11.8. The molecule has 1 aliphatic rings. The number of benzene rings is 1. The first kappa shape index (κ1) is 19.6. The number of anilines is 1. The molecule has 1 unspecified atom stereocenters. The number of rotatable bonds is 6. The lowest BCUT2D eigenvalue weighted by Gasteiger charge is -2.18. The van der Waals surface area contributed by atoms with Gasteiger partial charge in [0.2, 0.25) is 0 Å². The van der Waals surface area contributed by atoms with Crippen LogP contribution in [0, 0.1) is 5.92 Å². The lowest BCUT2D eigenvalue weighted by molar-refractivity contribution is 0.0600. The van der Waals surface area contributed by atoms with Gasteiger partial charge in [-0.3, -0.25) is 4.79 Å². The molecule has 8 heteroatoms. The quantitative estimate of drug-likeness (QED) is 0.758. The van der Waals surface area contributed by atoms with Crippen LogP contribution < -0.4 is 15.0 Å². The van der Waals surface area contributed by atoms with Crippen molar-refractivity contribution in [2.45, 2.75) is 12.8 Å². The third kappa shape index (κ3) is 4.21. The Kier molecular flexibility index (Phi) is 6.08. The Morgan fingerprint density at radius 3 is 2.68 bits per heavy atom. The summed E-state index contributed by atoms with van der Waals surface area (Å²) in [5.41, 5.74) is 1.80.